The number of piperidine rings is 1. The van der Waals surface area contributed by atoms with Gasteiger partial charge >= 0.3 is 0 Å². The number of carbonyl (C=O) groups is 1. The first-order valence-electron chi connectivity index (χ1n) is 6.71. The quantitative estimate of drug-likeness (QED) is 0.604. The summed E-state index contributed by atoms with van der Waals surface area (Å²) >= 11 is 0. The average Bonchev–Trinajstić information content (AvgIpc) is 2.47. The Bertz CT molecular complexity index is 704. The van der Waals surface area contributed by atoms with E-state index in [2.05, 4.69) is 0 Å². The van der Waals surface area contributed by atoms with Gasteiger partial charge in [-0.25, -0.2) is 12.7 Å². The number of nitro benzene ring substituents is 1. The van der Waals surface area contributed by atoms with Gasteiger partial charge in [0.05, 0.1) is 10.6 Å². The normalized spacial score (nSPS) is 16.1. The lowest BCUT2D eigenvalue weighted by Gasteiger charge is -2.30. The highest BCUT2D eigenvalue weighted by Crippen LogP contribution is 2.32. The number of nitro groups is 1. The predicted molar refractivity (Wildman–Crippen MR) is 80.4 cm³/mol. The smallest absolute Gasteiger partial charge is 0.270 e. The van der Waals surface area contributed by atoms with E-state index in [1.807, 2.05) is 0 Å². The van der Waals surface area contributed by atoms with Crippen molar-refractivity contribution in [2.24, 2.45) is 0 Å². The molecule has 0 aromatic heterocycles. The molecule has 8 nitrogen and oxygen atoms in total. The summed E-state index contributed by atoms with van der Waals surface area (Å²) in [5.41, 5.74) is 0.115. The number of non-ortho nitro benzene ring substituents is 1. The molecule has 1 aromatic carbocycles. The molecule has 0 atom stereocenters. The Morgan fingerprint density at radius 1 is 1.23 bits per heavy atom. The third-order valence-electron chi connectivity index (χ3n) is 3.57. The van der Waals surface area contributed by atoms with E-state index in [1.165, 1.54) is 26.2 Å². The Labute approximate surface area is 128 Å². The molecule has 0 saturated carbocycles. The maximum absolute atomic E-state index is 12.4. The molecule has 0 unspecified atom stereocenters. The second kappa shape index (κ2) is 6.01. The number of nitrogens with zero attached hydrogens (tertiary/aromatic N) is 3. The molecule has 0 amide bonds. The molecule has 1 fully saturated rings. The molecule has 1 saturated heterocycles. The number of sulfonamides is 1. The molecule has 0 N–H and O–H groups in total. The number of benzene rings is 1. The Morgan fingerprint density at radius 2 is 1.82 bits per heavy atom. The lowest BCUT2D eigenvalue weighted by Crippen LogP contribution is -2.35. The van der Waals surface area contributed by atoms with Gasteiger partial charge in [-0.15, -0.1) is 0 Å². The fourth-order valence-electron chi connectivity index (χ4n) is 2.28. The number of rotatable bonds is 4. The summed E-state index contributed by atoms with van der Waals surface area (Å²) in [5.74, 6) is 0.134. The molecule has 9 heteroatoms. The lowest BCUT2D eigenvalue weighted by molar-refractivity contribution is -0.385. The van der Waals surface area contributed by atoms with Crippen molar-refractivity contribution in [1.29, 1.82) is 0 Å². The van der Waals surface area contributed by atoms with Gasteiger partial charge < -0.3 is 4.90 Å². The first-order valence-corrected chi connectivity index (χ1v) is 8.15. The molecule has 0 radical (unpaired) electrons. The van der Waals surface area contributed by atoms with Crippen LogP contribution in [0.1, 0.15) is 12.8 Å². The van der Waals surface area contributed by atoms with Crippen molar-refractivity contribution < 1.29 is 18.1 Å². The summed E-state index contributed by atoms with van der Waals surface area (Å²) in [6, 6.07) is 3.78. The number of carbonyl (C=O) groups excluding carboxylic acids is 1. The minimum Gasteiger partial charge on any atom is -0.370 e. The number of Topliss-reactive ketones (excluding diaryl/α,β-unsaturated/α-hetero) is 1. The topological polar surface area (TPSA) is 101 Å². The highest BCUT2D eigenvalue weighted by Gasteiger charge is 2.28. The van der Waals surface area contributed by atoms with E-state index in [0.29, 0.717) is 31.6 Å². The van der Waals surface area contributed by atoms with Gasteiger partial charge in [0.2, 0.25) is 10.0 Å². The van der Waals surface area contributed by atoms with Crippen LogP contribution < -0.4 is 4.90 Å². The molecule has 0 spiro atoms. The van der Waals surface area contributed by atoms with Crippen molar-refractivity contribution in [2.45, 2.75) is 17.7 Å². The van der Waals surface area contributed by atoms with Crippen LogP contribution in [0, 0.1) is 10.1 Å². The van der Waals surface area contributed by atoms with Crippen molar-refractivity contribution >= 4 is 27.2 Å². The van der Waals surface area contributed by atoms with Crippen molar-refractivity contribution in [3.63, 3.8) is 0 Å². The van der Waals surface area contributed by atoms with Gasteiger partial charge in [0, 0.05) is 52.2 Å². The van der Waals surface area contributed by atoms with E-state index >= 15 is 0 Å². The maximum Gasteiger partial charge on any atom is 0.270 e. The molecular formula is C13H17N3O5S. The third-order valence-corrected chi connectivity index (χ3v) is 5.42. The fourth-order valence-corrected chi connectivity index (χ4v) is 3.40. The molecule has 0 bridgehead atoms. The van der Waals surface area contributed by atoms with Gasteiger partial charge in [-0.3, -0.25) is 14.9 Å². The second-order valence-electron chi connectivity index (χ2n) is 5.22. The molecule has 0 aliphatic carbocycles. The monoisotopic (exact) mass is 327 g/mol. The van der Waals surface area contributed by atoms with Crippen molar-refractivity contribution in [1.82, 2.24) is 4.31 Å². The van der Waals surface area contributed by atoms with Crippen LogP contribution in [-0.2, 0) is 14.8 Å². The molecule has 1 aliphatic heterocycles. The van der Waals surface area contributed by atoms with Gasteiger partial charge in [0.15, 0.2) is 0 Å². The van der Waals surface area contributed by atoms with Crippen LogP contribution in [0.15, 0.2) is 23.1 Å². The van der Waals surface area contributed by atoms with Crippen molar-refractivity contribution in [3.05, 3.63) is 28.3 Å². The van der Waals surface area contributed by atoms with Crippen LogP contribution in [0.2, 0.25) is 0 Å². The van der Waals surface area contributed by atoms with E-state index in [4.69, 9.17) is 0 Å². The summed E-state index contributed by atoms with van der Waals surface area (Å²) in [5, 5.41) is 10.9. The minimum atomic E-state index is -3.82. The largest absolute Gasteiger partial charge is 0.370 e. The van der Waals surface area contributed by atoms with E-state index < -0.39 is 14.9 Å². The zero-order valence-corrected chi connectivity index (χ0v) is 13.2. The zero-order valence-electron chi connectivity index (χ0n) is 12.4. The standard InChI is InChI=1S/C13H17N3O5S/c1-14(2)22(20,21)13-9-10(16(18)19)3-4-12(13)15-7-5-11(17)6-8-15/h3-4,9H,5-8H2,1-2H3. The summed E-state index contributed by atoms with van der Waals surface area (Å²) in [4.78, 5) is 23.3. The first kappa shape index (κ1) is 16.4. The summed E-state index contributed by atoms with van der Waals surface area (Å²) in [7, 11) is -1.08. The molecule has 22 heavy (non-hydrogen) atoms. The number of hydrogen-bond acceptors (Lipinski definition) is 6. The number of ketones is 1. The second-order valence-corrected chi connectivity index (χ2v) is 7.34. The zero-order chi connectivity index (χ0) is 16.5. The van der Waals surface area contributed by atoms with Gasteiger partial charge in [0.25, 0.3) is 5.69 Å². The van der Waals surface area contributed by atoms with Crippen molar-refractivity contribution in [3.8, 4) is 0 Å². The molecule has 2 rings (SSSR count). The van der Waals surface area contributed by atoms with E-state index in [1.54, 1.807) is 4.90 Å². The number of hydrogen-bond donors (Lipinski definition) is 0. The lowest BCUT2D eigenvalue weighted by atomic mass is 10.1. The molecule has 120 valence electrons. The van der Waals surface area contributed by atoms with Gasteiger partial charge in [-0.05, 0) is 6.07 Å². The Morgan fingerprint density at radius 3 is 2.32 bits per heavy atom. The van der Waals surface area contributed by atoms with Crippen molar-refractivity contribution in [2.75, 3.05) is 32.1 Å². The SMILES string of the molecule is CN(C)S(=O)(=O)c1cc([N+](=O)[O-])ccc1N1CCC(=O)CC1. The maximum atomic E-state index is 12.4. The van der Waals surface area contributed by atoms with Gasteiger partial charge in [-0.2, -0.15) is 0 Å². The molecule has 1 aliphatic rings. The predicted octanol–water partition coefficient (Wildman–Crippen LogP) is 1.01. The Hall–Kier alpha value is -2.00. The molecule has 1 aromatic rings. The molecular weight excluding hydrogens is 310 g/mol. The van der Waals surface area contributed by atoms with Crippen LogP contribution in [0.3, 0.4) is 0 Å². The summed E-state index contributed by atoms with van der Waals surface area (Å²) in [6.45, 7) is 0.819. The van der Waals surface area contributed by atoms with E-state index in [9.17, 15) is 23.3 Å². The Kier molecular flexibility index (Phi) is 4.47. The number of anilines is 1. The third kappa shape index (κ3) is 3.09. The minimum absolute atomic E-state index is 0.110. The highest BCUT2D eigenvalue weighted by atomic mass is 32.2. The van der Waals surface area contributed by atoms with Crippen LogP contribution in [0.5, 0.6) is 0 Å². The summed E-state index contributed by atoms with van der Waals surface area (Å²) in [6.07, 6.45) is 0.691. The van der Waals surface area contributed by atoms with Crippen LogP contribution in [0.4, 0.5) is 11.4 Å². The van der Waals surface area contributed by atoms with E-state index in [-0.39, 0.29) is 16.4 Å². The van der Waals surface area contributed by atoms with Crippen LogP contribution >= 0.6 is 0 Å². The van der Waals surface area contributed by atoms with Gasteiger partial charge in [0.1, 0.15) is 10.7 Å². The van der Waals surface area contributed by atoms with E-state index in [0.717, 1.165) is 10.4 Å². The Balaban J connectivity index is 2.54. The summed E-state index contributed by atoms with van der Waals surface area (Å²) < 4.78 is 25.9. The van der Waals surface area contributed by atoms with Gasteiger partial charge in [-0.1, -0.05) is 0 Å². The molecule has 1 heterocycles. The van der Waals surface area contributed by atoms with Crippen LogP contribution in [0.25, 0.3) is 0 Å². The highest BCUT2D eigenvalue weighted by molar-refractivity contribution is 7.89. The first-order chi connectivity index (χ1) is 10.2. The van der Waals surface area contributed by atoms with Crippen LogP contribution in [-0.4, -0.2) is 50.6 Å². The fraction of sp³-hybridized carbons (Fsp3) is 0.462. The average molecular weight is 327 g/mol.